The van der Waals surface area contributed by atoms with Crippen molar-refractivity contribution in [2.75, 3.05) is 46.5 Å². The lowest BCUT2D eigenvalue weighted by Crippen LogP contribution is -2.38. The van der Waals surface area contributed by atoms with Crippen molar-refractivity contribution in [1.29, 1.82) is 0 Å². The second-order valence-electron chi connectivity index (χ2n) is 6.79. The van der Waals surface area contributed by atoms with Crippen molar-refractivity contribution < 1.29 is 14.3 Å². The molecule has 140 valence electrons. The largest absolute Gasteiger partial charge is 0.497 e. The van der Waals surface area contributed by atoms with Gasteiger partial charge in [0, 0.05) is 19.6 Å². The van der Waals surface area contributed by atoms with Crippen molar-refractivity contribution >= 4 is 16.7 Å². The van der Waals surface area contributed by atoms with E-state index in [-0.39, 0.29) is 11.8 Å². The van der Waals surface area contributed by atoms with Crippen LogP contribution in [0, 0.1) is 0 Å². The molecule has 1 aliphatic rings. The van der Waals surface area contributed by atoms with Gasteiger partial charge in [0.25, 0.3) is 0 Å². The predicted molar refractivity (Wildman–Crippen MR) is 104 cm³/mol. The quantitative estimate of drug-likeness (QED) is 0.775. The molecule has 5 heteroatoms. The van der Waals surface area contributed by atoms with Crippen LogP contribution in [0.2, 0.25) is 0 Å². The summed E-state index contributed by atoms with van der Waals surface area (Å²) in [4.78, 5) is 14.9. The van der Waals surface area contributed by atoms with E-state index in [0.29, 0.717) is 6.54 Å². The van der Waals surface area contributed by atoms with Gasteiger partial charge in [0.2, 0.25) is 5.91 Å². The van der Waals surface area contributed by atoms with Crippen LogP contribution < -0.4 is 10.1 Å². The molecule has 0 bridgehead atoms. The Morgan fingerprint density at radius 3 is 2.69 bits per heavy atom. The van der Waals surface area contributed by atoms with Crippen molar-refractivity contribution in [3.8, 4) is 5.75 Å². The first kappa shape index (κ1) is 18.7. The number of rotatable bonds is 7. The average molecular weight is 356 g/mol. The number of fused-ring (bicyclic) bond motifs is 1. The van der Waals surface area contributed by atoms with Crippen LogP contribution >= 0.6 is 0 Å². The molecule has 5 nitrogen and oxygen atoms in total. The third-order valence-electron chi connectivity index (χ3n) is 5.02. The lowest BCUT2D eigenvalue weighted by molar-refractivity contribution is -0.122. The maximum absolute atomic E-state index is 12.5. The minimum Gasteiger partial charge on any atom is -0.497 e. The van der Waals surface area contributed by atoms with E-state index >= 15 is 0 Å². The number of nitrogens with zero attached hydrogens (tertiary/aromatic N) is 1. The van der Waals surface area contributed by atoms with Crippen molar-refractivity contribution in [2.24, 2.45) is 0 Å². The molecule has 1 aliphatic heterocycles. The first-order valence-corrected chi connectivity index (χ1v) is 9.33. The fourth-order valence-corrected chi connectivity index (χ4v) is 3.28. The highest BCUT2D eigenvalue weighted by Crippen LogP contribution is 2.25. The van der Waals surface area contributed by atoms with Crippen LogP contribution in [-0.2, 0) is 9.53 Å². The maximum Gasteiger partial charge on any atom is 0.227 e. The van der Waals surface area contributed by atoms with Gasteiger partial charge < -0.3 is 14.8 Å². The average Bonchev–Trinajstić information content (AvgIpc) is 2.70. The predicted octanol–water partition coefficient (Wildman–Crippen LogP) is 2.79. The molecule has 0 unspecified atom stereocenters. The van der Waals surface area contributed by atoms with Crippen molar-refractivity contribution in [1.82, 2.24) is 10.2 Å². The number of morpholine rings is 1. The van der Waals surface area contributed by atoms with Crippen molar-refractivity contribution in [3.05, 3.63) is 42.0 Å². The van der Waals surface area contributed by atoms with Crippen LogP contribution in [0.15, 0.2) is 36.4 Å². The van der Waals surface area contributed by atoms with E-state index in [1.807, 2.05) is 31.2 Å². The van der Waals surface area contributed by atoms with Gasteiger partial charge >= 0.3 is 0 Å². The molecule has 1 fully saturated rings. The normalized spacial score (nSPS) is 16.4. The van der Waals surface area contributed by atoms with Crippen LogP contribution in [0.5, 0.6) is 5.75 Å². The molecule has 0 saturated carbocycles. The Hall–Kier alpha value is -2.11. The molecule has 1 amide bonds. The SMILES string of the molecule is COc1ccc2cc([C@H](C)C(=O)NCCCN3CCOCC3)ccc2c1. The fourth-order valence-electron chi connectivity index (χ4n) is 3.28. The lowest BCUT2D eigenvalue weighted by Gasteiger charge is -2.26. The topological polar surface area (TPSA) is 50.8 Å². The molecule has 1 heterocycles. The van der Waals surface area contributed by atoms with E-state index in [4.69, 9.17) is 9.47 Å². The zero-order chi connectivity index (χ0) is 18.4. The minimum atomic E-state index is -0.162. The van der Waals surface area contributed by atoms with Gasteiger partial charge in [-0.1, -0.05) is 24.3 Å². The molecule has 1 atom stereocenters. The minimum absolute atomic E-state index is 0.0832. The molecule has 0 spiro atoms. The highest BCUT2D eigenvalue weighted by molar-refractivity contribution is 5.88. The number of amides is 1. The smallest absolute Gasteiger partial charge is 0.227 e. The zero-order valence-electron chi connectivity index (χ0n) is 15.7. The third kappa shape index (κ3) is 4.74. The van der Waals surface area contributed by atoms with Crippen LogP contribution in [-0.4, -0.2) is 57.3 Å². The van der Waals surface area contributed by atoms with Gasteiger partial charge in [0.15, 0.2) is 0 Å². The fraction of sp³-hybridized carbons (Fsp3) is 0.476. The molecule has 26 heavy (non-hydrogen) atoms. The Kier molecular flexibility index (Phi) is 6.47. The Balaban J connectivity index is 1.51. The molecular formula is C21H28N2O3. The number of hydrogen-bond acceptors (Lipinski definition) is 4. The first-order valence-electron chi connectivity index (χ1n) is 9.33. The molecule has 2 aromatic carbocycles. The lowest BCUT2D eigenvalue weighted by atomic mass is 9.97. The number of ether oxygens (including phenoxy) is 2. The van der Waals surface area contributed by atoms with Gasteiger partial charge in [-0.3, -0.25) is 9.69 Å². The van der Waals surface area contributed by atoms with Crippen LogP contribution in [0.1, 0.15) is 24.8 Å². The molecule has 3 rings (SSSR count). The molecule has 2 aromatic rings. The molecule has 1 saturated heterocycles. The van der Waals surface area contributed by atoms with E-state index in [2.05, 4.69) is 22.3 Å². The number of benzene rings is 2. The number of hydrogen-bond donors (Lipinski definition) is 1. The van der Waals surface area contributed by atoms with Gasteiger partial charge in [-0.05, 0) is 48.4 Å². The van der Waals surface area contributed by atoms with Crippen molar-refractivity contribution in [2.45, 2.75) is 19.3 Å². The van der Waals surface area contributed by atoms with Gasteiger partial charge in [0.1, 0.15) is 5.75 Å². The number of methoxy groups -OCH3 is 1. The van der Waals surface area contributed by atoms with E-state index in [1.54, 1.807) is 7.11 Å². The summed E-state index contributed by atoms with van der Waals surface area (Å²) in [5, 5.41) is 5.31. The van der Waals surface area contributed by atoms with Gasteiger partial charge in [-0.25, -0.2) is 0 Å². The Labute approximate surface area is 155 Å². The van der Waals surface area contributed by atoms with Gasteiger partial charge in [0.05, 0.1) is 26.2 Å². The number of carbonyl (C=O) groups is 1. The third-order valence-corrected chi connectivity index (χ3v) is 5.02. The second-order valence-corrected chi connectivity index (χ2v) is 6.79. The standard InChI is InChI=1S/C21H28N2O3/c1-16(21(24)22-8-3-9-23-10-12-26-13-11-23)17-4-5-19-15-20(25-2)7-6-18(19)14-17/h4-7,14-16H,3,8-13H2,1-2H3,(H,22,24)/t16-/m0/s1. The Morgan fingerprint density at radius 2 is 1.92 bits per heavy atom. The summed E-state index contributed by atoms with van der Waals surface area (Å²) < 4.78 is 10.6. The summed E-state index contributed by atoms with van der Waals surface area (Å²) >= 11 is 0. The Bertz CT molecular complexity index is 741. The Morgan fingerprint density at radius 1 is 1.19 bits per heavy atom. The summed E-state index contributed by atoms with van der Waals surface area (Å²) in [5.74, 6) is 0.765. The highest BCUT2D eigenvalue weighted by Gasteiger charge is 2.16. The van der Waals surface area contributed by atoms with Crippen LogP contribution in [0.3, 0.4) is 0 Å². The first-order chi connectivity index (χ1) is 12.7. The van der Waals surface area contributed by atoms with E-state index in [1.165, 1.54) is 0 Å². The molecule has 1 N–H and O–H groups in total. The second kappa shape index (κ2) is 9.01. The van der Waals surface area contributed by atoms with Crippen LogP contribution in [0.4, 0.5) is 0 Å². The van der Waals surface area contributed by atoms with Gasteiger partial charge in [-0.15, -0.1) is 0 Å². The number of nitrogens with one attached hydrogen (secondary N) is 1. The highest BCUT2D eigenvalue weighted by atomic mass is 16.5. The molecular weight excluding hydrogens is 328 g/mol. The zero-order valence-corrected chi connectivity index (χ0v) is 15.7. The van der Waals surface area contributed by atoms with E-state index in [0.717, 1.165) is 61.4 Å². The van der Waals surface area contributed by atoms with Gasteiger partial charge in [-0.2, -0.15) is 0 Å². The molecule has 0 aromatic heterocycles. The summed E-state index contributed by atoms with van der Waals surface area (Å²) in [6.07, 6.45) is 0.968. The maximum atomic E-state index is 12.5. The van der Waals surface area contributed by atoms with Crippen LogP contribution in [0.25, 0.3) is 10.8 Å². The summed E-state index contributed by atoms with van der Waals surface area (Å²) in [5.41, 5.74) is 1.04. The summed E-state index contributed by atoms with van der Waals surface area (Å²) in [6.45, 7) is 7.30. The summed E-state index contributed by atoms with van der Waals surface area (Å²) in [7, 11) is 1.67. The summed E-state index contributed by atoms with van der Waals surface area (Å²) in [6, 6.07) is 12.2. The molecule has 0 aliphatic carbocycles. The monoisotopic (exact) mass is 356 g/mol. The van der Waals surface area contributed by atoms with E-state index in [9.17, 15) is 4.79 Å². The van der Waals surface area contributed by atoms with E-state index < -0.39 is 0 Å². The number of carbonyl (C=O) groups excluding carboxylic acids is 1. The van der Waals surface area contributed by atoms with Crippen molar-refractivity contribution in [3.63, 3.8) is 0 Å². The molecule has 0 radical (unpaired) electrons.